The molecule has 12 heteroatoms. The Balaban J connectivity index is 2.69. The number of aliphatic carboxylic acids is 1. The van der Waals surface area contributed by atoms with Crippen LogP contribution in [0.25, 0.3) is 0 Å². The van der Waals surface area contributed by atoms with E-state index in [0.717, 1.165) is 109 Å². The molecule has 6 atom stereocenters. The summed E-state index contributed by atoms with van der Waals surface area (Å²) in [7, 11) is 0. The normalized spacial score (nSPS) is 18.5. The second kappa shape index (κ2) is 49.8. The zero-order valence-electron chi connectivity index (χ0n) is 46.6. The Labute approximate surface area is 444 Å². The maximum Gasteiger partial charge on any atom is 0.335 e. The van der Waals surface area contributed by atoms with Gasteiger partial charge in [-0.1, -0.05) is 224 Å². The minimum atomic E-state index is -1.91. The van der Waals surface area contributed by atoms with E-state index in [1.54, 1.807) is 0 Å². The minimum absolute atomic E-state index is 0.0462. The fourth-order valence-corrected chi connectivity index (χ4v) is 9.05. The van der Waals surface area contributed by atoms with Crippen LogP contribution in [0.4, 0.5) is 0 Å². The monoisotopic (exact) mass is 1030 g/mol. The lowest BCUT2D eigenvalue weighted by molar-refractivity contribution is -0.301. The summed E-state index contributed by atoms with van der Waals surface area (Å²) in [6.45, 7) is 5.93. The molecule has 1 aliphatic heterocycles. The zero-order chi connectivity index (χ0) is 53.3. The van der Waals surface area contributed by atoms with E-state index in [1.165, 1.54) is 109 Å². The van der Waals surface area contributed by atoms with E-state index in [2.05, 4.69) is 57.2 Å². The fraction of sp³-hybridized carbons (Fsp3) is 0.836. The topological polar surface area (TPSA) is 175 Å². The summed E-state index contributed by atoms with van der Waals surface area (Å²) in [5, 5.41) is 31.4. The van der Waals surface area contributed by atoms with Crippen LogP contribution >= 0.6 is 0 Å². The molecule has 0 saturated carbocycles. The van der Waals surface area contributed by atoms with Crippen molar-refractivity contribution in [2.24, 2.45) is 0 Å². The van der Waals surface area contributed by atoms with Crippen molar-refractivity contribution in [1.82, 2.24) is 0 Å². The first-order chi connectivity index (χ1) is 35.6. The van der Waals surface area contributed by atoms with Crippen LogP contribution in [0.5, 0.6) is 0 Å². The number of hydrogen-bond acceptors (Lipinski definition) is 11. The van der Waals surface area contributed by atoms with Crippen LogP contribution in [0.3, 0.4) is 0 Å². The van der Waals surface area contributed by atoms with Crippen LogP contribution in [0.2, 0.25) is 0 Å². The third-order valence-electron chi connectivity index (χ3n) is 13.7. The number of carbonyl (C=O) groups is 4. The molecule has 424 valence electrons. The number of carboxylic acids is 1. The average molecular weight is 1030 g/mol. The average Bonchev–Trinajstić information content (AvgIpc) is 3.37. The van der Waals surface area contributed by atoms with Gasteiger partial charge in [-0.3, -0.25) is 14.4 Å². The van der Waals surface area contributed by atoms with Gasteiger partial charge in [-0.15, -0.1) is 0 Å². The molecule has 1 aliphatic rings. The van der Waals surface area contributed by atoms with E-state index in [9.17, 15) is 34.5 Å². The van der Waals surface area contributed by atoms with Gasteiger partial charge in [-0.2, -0.15) is 0 Å². The standard InChI is InChI=1S/C61H108O12/c1-4-7-10-13-16-19-22-25-27-30-32-35-38-41-44-47-53(62)69-50-52(71-54(63)48-45-42-39-36-34-31-28-26-23-20-17-14-11-8-5-2)51-70-61-59(57(66)56(65)58(73-61)60(67)68)72-55(64)49-46-43-40-37-33-29-24-21-18-15-12-9-6-3/h12,15,21,24-25,27,52,56-59,61,65-66H,4-11,13-14,16-20,22-23,26,28-51H2,1-3H3,(H,67,68)/b15-12-,24-21-,27-25-. The smallest absolute Gasteiger partial charge is 0.335 e. The van der Waals surface area contributed by atoms with Crippen molar-refractivity contribution in [3.8, 4) is 0 Å². The fourth-order valence-electron chi connectivity index (χ4n) is 9.05. The van der Waals surface area contributed by atoms with Gasteiger partial charge >= 0.3 is 23.9 Å². The number of allylic oxidation sites excluding steroid dienone is 6. The summed E-state index contributed by atoms with van der Waals surface area (Å²) in [6.07, 6.45) is 45.4. The van der Waals surface area contributed by atoms with Gasteiger partial charge in [0.25, 0.3) is 0 Å². The number of unbranched alkanes of at least 4 members (excludes halogenated alkanes) is 31. The molecule has 1 saturated heterocycles. The Morgan fingerprint density at radius 2 is 0.849 bits per heavy atom. The Bertz CT molecular complexity index is 1410. The molecule has 12 nitrogen and oxygen atoms in total. The number of hydrogen-bond donors (Lipinski definition) is 3. The van der Waals surface area contributed by atoms with Crippen LogP contribution < -0.4 is 0 Å². The summed E-state index contributed by atoms with van der Waals surface area (Å²) in [5.74, 6) is -3.12. The van der Waals surface area contributed by atoms with Gasteiger partial charge in [0.05, 0.1) is 6.61 Å². The maximum absolute atomic E-state index is 13.1. The third-order valence-corrected chi connectivity index (χ3v) is 13.7. The van der Waals surface area contributed by atoms with Crippen molar-refractivity contribution in [1.29, 1.82) is 0 Å². The van der Waals surface area contributed by atoms with Crippen LogP contribution in [0.1, 0.15) is 278 Å². The molecular formula is C61H108O12. The highest BCUT2D eigenvalue weighted by molar-refractivity contribution is 5.74. The molecule has 6 unspecified atom stereocenters. The highest BCUT2D eigenvalue weighted by Crippen LogP contribution is 2.26. The molecule has 1 fully saturated rings. The number of aliphatic hydroxyl groups is 2. The molecule has 1 heterocycles. The van der Waals surface area contributed by atoms with Crippen molar-refractivity contribution in [2.45, 2.75) is 314 Å². The van der Waals surface area contributed by atoms with Crippen molar-refractivity contribution >= 4 is 23.9 Å². The number of aliphatic hydroxyl groups excluding tert-OH is 2. The van der Waals surface area contributed by atoms with Crippen LogP contribution in [-0.4, -0.2) is 89.2 Å². The molecule has 0 amide bonds. The van der Waals surface area contributed by atoms with E-state index >= 15 is 0 Å². The number of rotatable bonds is 51. The third kappa shape index (κ3) is 39.9. The molecule has 0 spiro atoms. The Hall–Kier alpha value is -3.06. The molecule has 3 N–H and O–H groups in total. The van der Waals surface area contributed by atoms with Crippen molar-refractivity contribution < 1.29 is 58.2 Å². The zero-order valence-corrected chi connectivity index (χ0v) is 46.6. The minimum Gasteiger partial charge on any atom is -0.479 e. The van der Waals surface area contributed by atoms with Crippen molar-refractivity contribution in [2.75, 3.05) is 13.2 Å². The molecule has 0 aliphatic carbocycles. The lowest BCUT2D eigenvalue weighted by Crippen LogP contribution is -2.61. The van der Waals surface area contributed by atoms with Crippen LogP contribution in [-0.2, 0) is 42.9 Å². The Morgan fingerprint density at radius 3 is 1.30 bits per heavy atom. The summed E-state index contributed by atoms with van der Waals surface area (Å²) < 4.78 is 28.4. The quantitative estimate of drug-likeness (QED) is 0.0228. The van der Waals surface area contributed by atoms with Crippen molar-refractivity contribution in [3.05, 3.63) is 36.5 Å². The molecule has 1 rings (SSSR count). The molecule has 0 aromatic heterocycles. The van der Waals surface area contributed by atoms with E-state index in [1.807, 2.05) is 0 Å². The van der Waals surface area contributed by atoms with Gasteiger partial charge in [-0.05, 0) is 70.6 Å². The van der Waals surface area contributed by atoms with E-state index < -0.39 is 67.3 Å². The van der Waals surface area contributed by atoms with Gasteiger partial charge in [0.2, 0.25) is 0 Å². The second-order valence-corrected chi connectivity index (χ2v) is 20.6. The molecular weight excluding hydrogens is 925 g/mol. The molecule has 0 radical (unpaired) electrons. The van der Waals surface area contributed by atoms with Gasteiger partial charge < -0.3 is 39.0 Å². The molecule has 0 aromatic carbocycles. The largest absolute Gasteiger partial charge is 0.479 e. The first-order valence-electron chi connectivity index (χ1n) is 30.0. The Morgan fingerprint density at radius 1 is 0.452 bits per heavy atom. The Kier molecular flexibility index (Phi) is 46.4. The van der Waals surface area contributed by atoms with Gasteiger partial charge in [0.15, 0.2) is 24.6 Å². The molecule has 0 bridgehead atoms. The highest BCUT2D eigenvalue weighted by atomic mass is 16.7. The number of carbonyl (C=O) groups excluding carboxylic acids is 3. The van der Waals surface area contributed by atoms with E-state index in [0.29, 0.717) is 19.3 Å². The van der Waals surface area contributed by atoms with E-state index in [4.69, 9.17) is 23.7 Å². The first-order valence-corrected chi connectivity index (χ1v) is 30.0. The summed E-state index contributed by atoms with van der Waals surface area (Å²) in [5.41, 5.74) is 0. The number of esters is 3. The first kappa shape index (κ1) is 68.0. The highest BCUT2D eigenvalue weighted by Gasteiger charge is 2.50. The lowest BCUT2D eigenvalue weighted by Gasteiger charge is -2.40. The SMILES string of the molecule is CCC/C=C\C/C=C\CCCCCCCC(=O)OC1C(OCC(COC(=O)CCCCCCC/C=C\CCCCCCCC)OC(=O)CCCCCCCCCCCCCCCCC)OC(C(=O)O)C(O)C1O. The van der Waals surface area contributed by atoms with Gasteiger partial charge in [0.1, 0.15) is 18.8 Å². The van der Waals surface area contributed by atoms with E-state index in [-0.39, 0.29) is 25.9 Å². The predicted octanol–water partition coefficient (Wildman–Crippen LogP) is 15.2. The summed E-state index contributed by atoms with van der Waals surface area (Å²) >= 11 is 0. The predicted molar refractivity (Wildman–Crippen MR) is 294 cm³/mol. The summed E-state index contributed by atoms with van der Waals surface area (Å²) in [4.78, 5) is 51.1. The lowest BCUT2D eigenvalue weighted by atomic mass is 9.98. The maximum atomic E-state index is 13.1. The number of carboxylic acid groups (broad SMARTS) is 1. The van der Waals surface area contributed by atoms with Gasteiger partial charge in [-0.25, -0.2) is 4.79 Å². The van der Waals surface area contributed by atoms with Gasteiger partial charge in [0, 0.05) is 19.3 Å². The summed E-state index contributed by atoms with van der Waals surface area (Å²) in [6, 6.07) is 0. The van der Waals surface area contributed by atoms with Crippen molar-refractivity contribution in [3.63, 3.8) is 0 Å². The molecule has 0 aromatic rings. The molecule has 73 heavy (non-hydrogen) atoms. The van der Waals surface area contributed by atoms with Crippen LogP contribution in [0.15, 0.2) is 36.5 Å². The second-order valence-electron chi connectivity index (χ2n) is 20.6. The van der Waals surface area contributed by atoms with Crippen LogP contribution in [0, 0.1) is 0 Å². The number of ether oxygens (including phenoxy) is 5.